The molecule has 3 rings (SSSR count). The third kappa shape index (κ3) is 606. The lowest BCUT2D eigenvalue weighted by Gasteiger charge is -2.24. The summed E-state index contributed by atoms with van der Waals surface area (Å²) in [7, 11) is 10.5. The Hall–Kier alpha value is -6.20. The van der Waals surface area contributed by atoms with Gasteiger partial charge in [-0.1, -0.05) is 232 Å². The molecule has 0 spiro atoms. The van der Waals surface area contributed by atoms with E-state index in [-0.39, 0.29) is 39.5 Å². The molecule has 0 saturated carbocycles. The quantitative estimate of drug-likeness (QED) is 0.128. The molecule has 2 aromatic rings. The Morgan fingerprint density at radius 1 is 0.351 bits per heavy atom. The highest BCUT2D eigenvalue weighted by Gasteiger charge is 2.11. The van der Waals surface area contributed by atoms with E-state index in [0.29, 0.717) is 0 Å². The molecule has 0 unspecified atom stereocenters. The van der Waals surface area contributed by atoms with E-state index in [1.54, 1.807) is 20.8 Å². The molecule has 1 aliphatic rings. The normalized spacial score (nSPS) is 7.08. The number of aliphatic hydroxyl groups excluding tert-OH is 1. The van der Waals surface area contributed by atoms with Gasteiger partial charge in [-0.2, -0.15) is 0 Å². The van der Waals surface area contributed by atoms with Gasteiger partial charge < -0.3 is 127 Å². The van der Waals surface area contributed by atoms with Crippen molar-refractivity contribution in [2.24, 2.45) is 69.7 Å². The maximum Gasteiger partial charge on any atom is 0.219 e. The molecule has 1 saturated heterocycles. The van der Waals surface area contributed by atoms with E-state index in [2.05, 4.69) is 206 Å². The van der Waals surface area contributed by atoms with Gasteiger partial charge in [-0.3, -0.25) is 4.79 Å². The van der Waals surface area contributed by atoms with Crippen LogP contribution in [0.2, 0.25) is 0 Å². The molecule has 0 atom stereocenters. The van der Waals surface area contributed by atoms with Crippen LogP contribution in [0.25, 0.3) is 0 Å². The smallest absolute Gasteiger partial charge is 0.219 e. The molecular weight excluding hydrogens is 1240 g/mol. The Balaban J connectivity index is -0.0000000160. The van der Waals surface area contributed by atoms with Crippen LogP contribution >= 0.6 is 0 Å². The molecule has 25 nitrogen and oxygen atoms in total. The van der Waals surface area contributed by atoms with Crippen molar-refractivity contribution in [3.8, 4) is 0 Å². The molecule has 0 radical (unpaired) electrons. The topological polar surface area (TPSA) is 550 Å². The van der Waals surface area contributed by atoms with E-state index in [9.17, 15) is 4.79 Å². The van der Waals surface area contributed by atoms with E-state index in [1.165, 1.54) is 105 Å². The standard InChI is InChI=1S/2C8H10.C7H13NO.4C5H12.C4H10.C3H8O.2C2H6.7CH5N.11CH2O.4H3N.2H2/c2*1-2-8-6-4-3-5-7-8;1-7(9)8-5-3-2-4-6-8;4*1-4-5(2)3;1-4(2)3;1-3(2)4;20*1-2;;;;;;/h2*3-7H,2H2,1H3;2-6H2,1H3;4*5H,4H2,1-3H3;4H,1-3H3;3-4H,1-2H3;2*1-2H3;7*2H2,1H3;11*1H2;4*1H3;2*1H. The van der Waals surface area contributed by atoms with Gasteiger partial charge in [-0.15, -0.1) is 0 Å². The molecule has 1 aliphatic heterocycles. The number of nitrogens with two attached hydrogens (primary N) is 7. The van der Waals surface area contributed by atoms with Crippen LogP contribution in [-0.2, 0) is 70.4 Å². The number of likely N-dealkylation sites (tertiary alicyclic amines) is 1. The summed E-state index contributed by atoms with van der Waals surface area (Å²) < 4.78 is 0. The predicted octanol–water partition coefficient (Wildman–Crippen LogP) is 14.0. The molecule has 0 bridgehead atoms. The lowest BCUT2D eigenvalue weighted by molar-refractivity contribution is -0.129. The van der Waals surface area contributed by atoms with Crippen LogP contribution < -0.4 is 64.7 Å². The van der Waals surface area contributed by atoms with Crippen LogP contribution in [0, 0.1) is 29.6 Å². The molecule has 2 aromatic carbocycles. The number of hydrogen-bond acceptors (Lipinski definition) is 24. The Labute approximate surface area is 607 Å². The van der Waals surface area contributed by atoms with Crippen molar-refractivity contribution in [2.75, 3.05) is 62.4 Å². The van der Waals surface area contributed by atoms with E-state index in [0.717, 1.165) is 55.5 Å². The molecular formula is C72H184N12O13. The van der Waals surface area contributed by atoms with Crippen molar-refractivity contribution < 1.29 is 65.5 Å². The minimum absolute atomic E-state index is 0. The van der Waals surface area contributed by atoms with E-state index in [4.69, 9.17) is 57.8 Å². The molecule has 1 amide bonds. The van der Waals surface area contributed by atoms with Gasteiger partial charge in [0.15, 0.2) is 0 Å². The second-order valence-corrected chi connectivity index (χ2v) is 16.3. The number of benzene rings is 2. The molecule has 610 valence electrons. The van der Waals surface area contributed by atoms with Crippen LogP contribution in [0.1, 0.15) is 225 Å². The van der Waals surface area contributed by atoms with Crippen molar-refractivity contribution in [2.45, 2.75) is 230 Å². The number of piperidine rings is 1. The number of amides is 1. The van der Waals surface area contributed by atoms with Gasteiger partial charge >= 0.3 is 0 Å². The van der Waals surface area contributed by atoms with Gasteiger partial charge in [0.05, 0.1) is 0 Å². The zero-order valence-electron chi connectivity index (χ0n) is 70.0. The van der Waals surface area contributed by atoms with Crippen LogP contribution in [0.15, 0.2) is 60.7 Å². The third-order valence-electron chi connectivity index (χ3n) is 7.57. The first kappa shape index (κ1) is 198. The van der Waals surface area contributed by atoms with Crippen molar-refractivity contribution >= 4 is 80.6 Å². The fraction of sp³-hybridized carbons (Fsp3) is 0.667. The van der Waals surface area contributed by atoms with E-state index in [1.807, 2.05) is 119 Å². The summed E-state index contributed by atoms with van der Waals surface area (Å²) >= 11 is 0. The first-order valence-corrected chi connectivity index (χ1v) is 30.9. The number of nitrogens with zero attached hydrogens (tertiary/aromatic N) is 1. The fourth-order valence-electron chi connectivity index (χ4n) is 2.64. The Bertz CT molecular complexity index is 1030. The summed E-state index contributed by atoms with van der Waals surface area (Å²) in [4.78, 5) is 101. The average molecular weight is 1430 g/mol. The van der Waals surface area contributed by atoms with E-state index >= 15 is 0 Å². The minimum atomic E-state index is -0.167. The van der Waals surface area contributed by atoms with Gasteiger partial charge in [0.25, 0.3) is 0 Å². The molecule has 27 N–H and O–H groups in total. The monoisotopic (exact) mass is 1430 g/mol. The van der Waals surface area contributed by atoms with Crippen molar-refractivity contribution in [1.29, 1.82) is 0 Å². The summed E-state index contributed by atoms with van der Waals surface area (Å²) in [6.07, 6.45) is 11.0. The van der Waals surface area contributed by atoms with Gasteiger partial charge in [-0.25, -0.2) is 0 Å². The zero-order chi connectivity index (χ0) is 82.6. The molecule has 1 fully saturated rings. The Morgan fingerprint density at radius 3 is 0.526 bits per heavy atom. The summed E-state index contributed by atoms with van der Waals surface area (Å²) in [6, 6.07) is 20.9. The highest BCUT2D eigenvalue weighted by atomic mass is 16.3. The zero-order valence-corrected chi connectivity index (χ0v) is 70.0. The number of carbonyl (C=O) groups excluding carboxylic acids is 12. The highest BCUT2D eigenvalue weighted by Crippen LogP contribution is 2.07. The average Bonchev–Trinajstić information content (AvgIpc) is 3.28. The van der Waals surface area contributed by atoms with E-state index < -0.39 is 0 Å². The SMILES string of the molecule is C=O.C=O.C=O.C=O.C=O.C=O.C=O.C=O.C=O.C=O.C=O.CC.CC.CC(=O)N1CCCCC1.CC(C)C.CC(C)O.CCC(C)C.CCC(C)C.CCC(C)C.CCC(C)C.CCc1ccccc1.CCc1ccccc1.CN.CN.CN.CN.CN.CN.CN.N.N.N.N.[HH].[HH]. The maximum absolute atomic E-state index is 10.7. The Morgan fingerprint density at radius 2 is 0.464 bits per heavy atom. The van der Waals surface area contributed by atoms with Crippen molar-refractivity contribution in [1.82, 2.24) is 29.5 Å². The van der Waals surface area contributed by atoms with Crippen LogP contribution in [0.4, 0.5) is 0 Å². The number of carbonyl (C=O) groups is 12. The first-order chi connectivity index (χ1) is 44.7. The summed E-state index contributed by atoms with van der Waals surface area (Å²) in [5.74, 6) is 4.60. The van der Waals surface area contributed by atoms with Gasteiger partial charge in [0, 0.05) is 29.0 Å². The number of aliphatic hydroxyl groups is 1. The molecule has 0 aromatic heterocycles. The van der Waals surface area contributed by atoms with Crippen molar-refractivity contribution in [3.05, 3.63) is 71.8 Å². The van der Waals surface area contributed by atoms with Crippen LogP contribution in [0.3, 0.4) is 0 Å². The highest BCUT2D eigenvalue weighted by molar-refractivity contribution is 5.73. The predicted molar refractivity (Wildman–Crippen MR) is 442 cm³/mol. The van der Waals surface area contributed by atoms with Crippen LogP contribution in [-0.4, -0.2) is 159 Å². The lowest BCUT2D eigenvalue weighted by Crippen LogP contribution is -2.33. The Kier molecular flexibility index (Phi) is 720. The molecule has 97 heavy (non-hydrogen) atoms. The maximum atomic E-state index is 10.7. The minimum Gasteiger partial charge on any atom is -0.394 e. The van der Waals surface area contributed by atoms with Crippen LogP contribution in [0.5, 0.6) is 0 Å². The van der Waals surface area contributed by atoms with Gasteiger partial charge in [0.1, 0.15) is 74.7 Å². The summed E-state index contributed by atoms with van der Waals surface area (Å²) in [5.41, 5.74) is 34.3. The summed E-state index contributed by atoms with van der Waals surface area (Å²) in [6.45, 7) is 74.4. The molecule has 25 heteroatoms. The second-order valence-electron chi connectivity index (χ2n) is 16.3. The lowest BCUT2D eigenvalue weighted by atomic mass is 10.1. The molecule has 1 heterocycles. The molecule has 0 aliphatic carbocycles. The largest absolute Gasteiger partial charge is 0.394 e. The number of hydrogen-bond donors (Lipinski definition) is 12. The number of rotatable bonds is 6. The van der Waals surface area contributed by atoms with Crippen molar-refractivity contribution in [3.63, 3.8) is 0 Å². The first-order valence-electron chi connectivity index (χ1n) is 30.9. The summed E-state index contributed by atoms with van der Waals surface area (Å²) in [5, 5.41) is 8.06. The fourth-order valence-corrected chi connectivity index (χ4v) is 2.64. The van der Waals surface area contributed by atoms with Gasteiger partial charge in [-0.05, 0) is 136 Å². The third-order valence-corrected chi connectivity index (χ3v) is 7.57. The second kappa shape index (κ2) is 353. The van der Waals surface area contributed by atoms with Gasteiger partial charge in [0.2, 0.25) is 5.91 Å². The number of aryl methyl sites for hydroxylation is 2.